The Balaban J connectivity index is 1.99. The summed E-state index contributed by atoms with van der Waals surface area (Å²) >= 11 is 4.27. The van der Waals surface area contributed by atoms with Crippen LogP contribution in [-0.2, 0) is 0 Å². The van der Waals surface area contributed by atoms with E-state index < -0.39 is 0 Å². The lowest BCUT2D eigenvalue weighted by Gasteiger charge is -2.37. The molecule has 2 atom stereocenters. The molecule has 0 spiro atoms. The van der Waals surface area contributed by atoms with Crippen molar-refractivity contribution >= 4 is 23.5 Å². The van der Waals surface area contributed by atoms with Crippen molar-refractivity contribution in [1.29, 1.82) is 0 Å². The zero-order valence-electron chi connectivity index (χ0n) is 10.0. The van der Waals surface area contributed by atoms with Crippen LogP contribution < -0.4 is 0 Å². The van der Waals surface area contributed by atoms with E-state index in [2.05, 4.69) is 72.1 Å². The molecule has 1 aliphatic carbocycles. The lowest BCUT2D eigenvalue weighted by molar-refractivity contribution is 0.882. The van der Waals surface area contributed by atoms with E-state index in [1.54, 1.807) is 11.1 Å². The third-order valence-corrected chi connectivity index (χ3v) is 6.86. The largest absolute Gasteiger partial charge is 0.151 e. The molecule has 2 aliphatic rings. The second-order valence-corrected chi connectivity index (χ2v) is 7.26. The first-order valence-corrected chi connectivity index (χ1v) is 8.46. The number of hydrogen-bond acceptors (Lipinski definition) is 2. The Morgan fingerprint density at radius 2 is 1.11 bits per heavy atom. The van der Waals surface area contributed by atoms with Gasteiger partial charge in [0.05, 0.1) is 0 Å². The summed E-state index contributed by atoms with van der Waals surface area (Å²) in [6.45, 7) is 0. The lowest BCUT2D eigenvalue weighted by atomic mass is 9.85. The summed E-state index contributed by atoms with van der Waals surface area (Å²) in [6, 6.07) is 17.9. The number of thioether (sulfide) groups is 2. The third-order valence-electron chi connectivity index (χ3n) is 3.78. The highest BCUT2D eigenvalue weighted by Gasteiger charge is 2.35. The number of fused-ring (bicyclic) bond motifs is 6. The fourth-order valence-corrected chi connectivity index (χ4v) is 6.17. The Morgan fingerprint density at radius 1 is 0.667 bits per heavy atom. The minimum atomic E-state index is 0.648. The molecule has 1 saturated heterocycles. The van der Waals surface area contributed by atoms with Crippen LogP contribution in [0.3, 0.4) is 0 Å². The Morgan fingerprint density at radius 3 is 1.61 bits per heavy atom. The average Bonchev–Trinajstić information content (AvgIpc) is 2.48. The highest BCUT2D eigenvalue weighted by molar-refractivity contribution is 8.06. The van der Waals surface area contributed by atoms with Crippen molar-refractivity contribution in [2.45, 2.75) is 10.5 Å². The molecule has 1 heterocycles. The van der Waals surface area contributed by atoms with Gasteiger partial charge in [0, 0.05) is 22.0 Å². The molecule has 18 heavy (non-hydrogen) atoms. The minimum absolute atomic E-state index is 0.648. The summed E-state index contributed by atoms with van der Waals surface area (Å²) in [6.07, 6.45) is 0. The molecular formula is C16H14S2. The molecule has 0 bridgehead atoms. The highest BCUT2D eigenvalue weighted by atomic mass is 32.2. The van der Waals surface area contributed by atoms with Gasteiger partial charge < -0.3 is 0 Å². The van der Waals surface area contributed by atoms with Gasteiger partial charge in [0.25, 0.3) is 0 Å². The monoisotopic (exact) mass is 270 g/mol. The zero-order chi connectivity index (χ0) is 11.9. The molecule has 0 amide bonds. The van der Waals surface area contributed by atoms with Crippen LogP contribution in [0.1, 0.15) is 21.6 Å². The van der Waals surface area contributed by atoms with Gasteiger partial charge in [0.2, 0.25) is 0 Å². The van der Waals surface area contributed by atoms with E-state index in [0.29, 0.717) is 10.5 Å². The Hall–Kier alpha value is -0.860. The van der Waals surface area contributed by atoms with Crippen molar-refractivity contribution in [1.82, 2.24) is 0 Å². The molecule has 2 unspecified atom stereocenters. The summed E-state index contributed by atoms with van der Waals surface area (Å²) in [5, 5.41) is 1.30. The van der Waals surface area contributed by atoms with Gasteiger partial charge in [-0.2, -0.15) is 23.5 Å². The molecule has 0 aromatic heterocycles. The molecule has 0 nitrogen and oxygen atoms in total. The molecule has 1 aliphatic heterocycles. The molecule has 2 heteroatoms. The lowest BCUT2D eigenvalue weighted by Crippen LogP contribution is -2.17. The Kier molecular flexibility index (Phi) is 2.66. The smallest absolute Gasteiger partial charge is 0.0463 e. The summed E-state index contributed by atoms with van der Waals surface area (Å²) in [5.41, 5.74) is 5.98. The Labute approximate surface area is 116 Å². The minimum Gasteiger partial charge on any atom is -0.151 e. The van der Waals surface area contributed by atoms with Crippen molar-refractivity contribution in [2.75, 3.05) is 11.5 Å². The first-order valence-electron chi connectivity index (χ1n) is 6.36. The van der Waals surface area contributed by atoms with Gasteiger partial charge in [-0.1, -0.05) is 48.5 Å². The summed E-state index contributed by atoms with van der Waals surface area (Å²) < 4.78 is 0. The first kappa shape index (κ1) is 11.0. The van der Waals surface area contributed by atoms with Gasteiger partial charge in [-0.3, -0.25) is 0 Å². The van der Waals surface area contributed by atoms with Crippen LogP contribution in [-0.4, -0.2) is 11.5 Å². The van der Waals surface area contributed by atoms with E-state index in [1.165, 1.54) is 22.6 Å². The maximum absolute atomic E-state index is 2.32. The predicted molar refractivity (Wildman–Crippen MR) is 82.3 cm³/mol. The van der Waals surface area contributed by atoms with Crippen LogP contribution in [0, 0.1) is 0 Å². The topological polar surface area (TPSA) is 0 Å². The van der Waals surface area contributed by atoms with Gasteiger partial charge >= 0.3 is 0 Å². The summed E-state index contributed by atoms with van der Waals surface area (Å²) in [7, 11) is 0. The molecule has 0 radical (unpaired) electrons. The van der Waals surface area contributed by atoms with E-state index in [9.17, 15) is 0 Å². The second-order valence-electron chi connectivity index (χ2n) is 4.76. The van der Waals surface area contributed by atoms with Crippen LogP contribution in [0.25, 0.3) is 11.1 Å². The van der Waals surface area contributed by atoms with E-state index in [1.807, 2.05) is 0 Å². The van der Waals surface area contributed by atoms with Gasteiger partial charge in [0.15, 0.2) is 0 Å². The van der Waals surface area contributed by atoms with Crippen molar-refractivity contribution in [3.63, 3.8) is 0 Å². The standard InChI is InChI=1S/C16H14S2/c1-3-7-13-11(5-1)12-6-2-4-8-14(12)16-15(13)17-9-10-18-16/h1-8,15-16H,9-10H2. The molecule has 0 saturated carbocycles. The van der Waals surface area contributed by atoms with Crippen LogP contribution in [0.5, 0.6) is 0 Å². The highest BCUT2D eigenvalue weighted by Crippen LogP contribution is 2.58. The van der Waals surface area contributed by atoms with Crippen LogP contribution in [0.2, 0.25) is 0 Å². The number of benzene rings is 2. The normalized spacial score (nSPS) is 24.9. The zero-order valence-corrected chi connectivity index (χ0v) is 11.6. The number of rotatable bonds is 0. The van der Waals surface area contributed by atoms with Crippen LogP contribution in [0.15, 0.2) is 48.5 Å². The number of hydrogen-bond donors (Lipinski definition) is 0. The van der Waals surface area contributed by atoms with Crippen LogP contribution >= 0.6 is 23.5 Å². The molecule has 90 valence electrons. The summed E-state index contributed by atoms with van der Waals surface area (Å²) in [4.78, 5) is 0. The molecule has 2 aromatic carbocycles. The van der Waals surface area contributed by atoms with Gasteiger partial charge in [0.1, 0.15) is 0 Å². The maximum Gasteiger partial charge on any atom is 0.0463 e. The molecule has 1 fully saturated rings. The SMILES string of the molecule is c1ccc2c(c1)-c1ccccc1C1SCCSC21. The molecule has 0 N–H and O–H groups in total. The Bertz CT molecular complexity index is 538. The van der Waals surface area contributed by atoms with Crippen molar-refractivity contribution in [3.8, 4) is 11.1 Å². The maximum atomic E-state index is 2.32. The van der Waals surface area contributed by atoms with E-state index in [0.717, 1.165) is 0 Å². The van der Waals surface area contributed by atoms with Crippen LogP contribution in [0.4, 0.5) is 0 Å². The van der Waals surface area contributed by atoms with Crippen molar-refractivity contribution in [3.05, 3.63) is 59.7 Å². The van der Waals surface area contributed by atoms with Crippen molar-refractivity contribution < 1.29 is 0 Å². The fraction of sp³-hybridized carbons (Fsp3) is 0.250. The first-order chi connectivity index (χ1) is 8.95. The van der Waals surface area contributed by atoms with Gasteiger partial charge in [-0.15, -0.1) is 0 Å². The van der Waals surface area contributed by atoms with E-state index in [-0.39, 0.29) is 0 Å². The van der Waals surface area contributed by atoms with E-state index in [4.69, 9.17) is 0 Å². The second kappa shape index (κ2) is 4.36. The quantitative estimate of drug-likeness (QED) is 0.665. The fourth-order valence-electron chi connectivity index (χ4n) is 3.01. The average molecular weight is 270 g/mol. The molecule has 2 aromatic rings. The van der Waals surface area contributed by atoms with E-state index >= 15 is 0 Å². The van der Waals surface area contributed by atoms with Gasteiger partial charge in [-0.25, -0.2) is 0 Å². The molecule has 4 rings (SSSR count). The van der Waals surface area contributed by atoms with Crippen molar-refractivity contribution in [2.24, 2.45) is 0 Å². The predicted octanol–water partition coefficient (Wildman–Crippen LogP) is 4.93. The van der Waals surface area contributed by atoms with Gasteiger partial charge in [-0.05, 0) is 22.3 Å². The summed E-state index contributed by atoms with van der Waals surface area (Å²) in [5.74, 6) is 2.56. The third kappa shape index (κ3) is 1.55. The molecular weight excluding hydrogens is 256 g/mol.